The van der Waals surface area contributed by atoms with Crippen LogP contribution in [-0.4, -0.2) is 24.8 Å². The average molecular weight is 443 g/mol. The van der Waals surface area contributed by atoms with Crippen molar-refractivity contribution in [2.24, 2.45) is 5.10 Å². The maximum atomic E-state index is 12.9. The molecule has 2 aromatic carbocycles. The van der Waals surface area contributed by atoms with Crippen LogP contribution >= 0.6 is 15.9 Å². The van der Waals surface area contributed by atoms with Gasteiger partial charge in [-0.25, -0.2) is 0 Å². The lowest BCUT2D eigenvalue weighted by molar-refractivity contribution is -0.114. The number of benzene rings is 2. The molecule has 3 rings (SSSR count). The highest BCUT2D eigenvalue weighted by molar-refractivity contribution is 9.10. The largest absolute Gasteiger partial charge is 0.493 e. The van der Waals surface area contributed by atoms with Gasteiger partial charge in [0.1, 0.15) is 0 Å². The van der Waals surface area contributed by atoms with E-state index in [1.807, 2.05) is 62.4 Å². The molecule has 28 heavy (non-hydrogen) atoms. The molecule has 1 atom stereocenters. The van der Waals surface area contributed by atoms with Gasteiger partial charge in [-0.05, 0) is 72.1 Å². The van der Waals surface area contributed by atoms with Gasteiger partial charge in [0, 0.05) is 0 Å². The summed E-state index contributed by atoms with van der Waals surface area (Å²) in [4.78, 5) is 12.9. The number of hydrazone groups is 1. The van der Waals surface area contributed by atoms with Crippen LogP contribution in [0.3, 0.4) is 0 Å². The lowest BCUT2D eigenvalue weighted by atomic mass is 10.1. The van der Waals surface area contributed by atoms with E-state index in [1.165, 1.54) is 5.01 Å². The molecule has 2 aromatic rings. The number of hydrogen-bond acceptors (Lipinski definition) is 4. The van der Waals surface area contributed by atoms with Crippen LogP contribution in [0.2, 0.25) is 0 Å². The first-order valence-corrected chi connectivity index (χ1v) is 9.94. The number of halogens is 1. The third kappa shape index (κ3) is 4.12. The molecule has 0 radical (unpaired) electrons. The second-order valence-electron chi connectivity index (χ2n) is 6.57. The van der Waals surface area contributed by atoms with Gasteiger partial charge in [-0.3, -0.25) is 4.79 Å². The van der Waals surface area contributed by atoms with Crippen LogP contribution in [-0.2, 0) is 4.79 Å². The van der Waals surface area contributed by atoms with E-state index in [2.05, 4.69) is 28.0 Å². The van der Waals surface area contributed by atoms with E-state index in [-0.39, 0.29) is 12.0 Å². The molecular formula is C22H23BrN2O3. The van der Waals surface area contributed by atoms with Crippen LogP contribution in [0, 0.1) is 0 Å². The van der Waals surface area contributed by atoms with E-state index in [1.54, 1.807) is 7.11 Å². The second kappa shape index (κ2) is 8.61. The minimum Gasteiger partial charge on any atom is -0.493 e. The van der Waals surface area contributed by atoms with Gasteiger partial charge in [-0.1, -0.05) is 25.1 Å². The van der Waals surface area contributed by atoms with E-state index in [0.717, 1.165) is 22.1 Å². The topological polar surface area (TPSA) is 51.1 Å². The Balaban J connectivity index is 1.94. The molecule has 5 nitrogen and oxygen atoms in total. The van der Waals surface area contributed by atoms with E-state index in [9.17, 15) is 4.79 Å². The van der Waals surface area contributed by atoms with Crippen molar-refractivity contribution in [2.75, 3.05) is 12.1 Å². The van der Waals surface area contributed by atoms with Crippen LogP contribution in [0.5, 0.6) is 11.5 Å². The number of carbonyl (C=O) groups excluding carboxylic acids is 1. The van der Waals surface area contributed by atoms with Crippen molar-refractivity contribution >= 4 is 39.3 Å². The first-order valence-electron chi connectivity index (χ1n) is 9.15. The zero-order valence-corrected chi connectivity index (χ0v) is 18.0. The number of anilines is 1. The van der Waals surface area contributed by atoms with E-state index in [0.29, 0.717) is 22.8 Å². The Hall–Kier alpha value is -2.60. The van der Waals surface area contributed by atoms with Crippen molar-refractivity contribution in [1.82, 2.24) is 0 Å². The number of amides is 1. The number of ether oxygens (including phenoxy) is 2. The summed E-state index contributed by atoms with van der Waals surface area (Å²) in [5.74, 6) is 1.12. The van der Waals surface area contributed by atoms with Crippen molar-refractivity contribution in [3.05, 3.63) is 58.1 Å². The molecule has 0 aliphatic carbocycles. The van der Waals surface area contributed by atoms with Gasteiger partial charge in [0.2, 0.25) is 0 Å². The Labute approximate surface area is 173 Å². The number of para-hydroxylation sites is 1. The summed E-state index contributed by atoms with van der Waals surface area (Å²) in [6.45, 7) is 5.91. The SMILES string of the molecule is CC[C@H](C)Oc1c(Br)cc(/C=C2/C(=O)N(c3ccccc3)N=C2C)cc1OC. The number of rotatable bonds is 6. The third-order valence-corrected chi connectivity index (χ3v) is 5.11. The predicted octanol–water partition coefficient (Wildman–Crippen LogP) is 5.44. The zero-order valence-electron chi connectivity index (χ0n) is 16.4. The normalized spacial score (nSPS) is 16.3. The molecule has 0 unspecified atom stereocenters. The standard InChI is InChI=1S/C22H23BrN2O3/c1-5-14(2)28-21-19(23)12-16(13-20(21)27-4)11-18-15(3)24-25(22(18)26)17-9-7-6-8-10-17/h6-14H,5H2,1-4H3/b18-11+/t14-/m0/s1. The Bertz CT molecular complexity index is 938. The Morgan fingerprint density at radius 2 is 1.96 bits per heavy atom. The predicted molar refractivity (Wildman–Crippen MR) is 116 cm³/mol. The summed E-state index contributed by atoms with van der Waals surface area (Å²) in [5, 5.41) is 5.84. The van der Waals surface area contributed by atoms with Crippen LogP contribution < -0.4 is 14.5 Å². The summed E-state index contributed by atoms with van der Waals surface area (Å²) < 4.78 is 12.3. The zero-order chi connectivity index (χ0) is 20.3. The highest BCUT2D eigenvalue weighted by atomic mass is 79.9. The first-order chi connectivity index (χ1) is 13.4. The van der Waals surface area contributed by atoms with E-state index in [4.69, 9.17) is 9.47 Å². The molecule has 0 spiro atoms. The molecule has 0 N–H and O–H groups in total. The summed E-state index contributed by atoms with van der Waals surface area (Å²) in [6.07, 6.45) is 2.78. The van der Waals surface area contributed by atoms with Crippen LogP contribution in [0.25, 0.3) is 6.08 Å². The summed E-state index contributed by atoms with van der Waals surface area (Å²) in [6, 6.07) is 13.2. The van der Waals surface area contributed by atoms with Crippen molar-refractivity contribution < 1.29 is 14.3 Å². The quantitative estimate of drug-likeness (QED) is 0.559. The molecular weight excluding hydrogens is 420 g/mol. The Morgan fingerprint density at radius 3 is 2.61 bits per heavy atom. The van der Waals surface area contributed by atoms with Crippen LogP contribution in [0.15, 0.2) is 57.6 Å². The fourth-order valence-corrected chi connectivity index (χ4v) is 3.37. The van der Waals surface area contributed by atoms with Crippen molar-refractivity contribution in [3.8, 4) is 11.5 Å². The van der Waals surface area contributed by atoms with Gasteiger partial charge in [0.15, 0.2) is 11.5 Å². The van der Waals surface area contributed by atoms with Crippen molar-refractivity contribution in [2.45, 2.75) is 33.3 Å². The third-order valence-electron chi connectivity index (χ3n) is 4.52. The maximum Gasteiger partial charge on any atom is 0.280 e. The molecule has 146 valence electrons. The Morgan fingerprint density at radius 1 is 1.25 bits per heavy atom. The number of hydrogen-bond donors (Lipinski definition) is 0. The number of methoxy groups -OCH3 is 1. The van der Waals surface area contributed by atoms with Crippen molar-refractivity contribution in [1.29, 1.82) is 0 Å². The van der Waals surface area contributed by atoms with E-state index < -0.39 is 0 Å². The molecule has 0 saturated heterocycles. The van der Waals surface area contributed by atoms with Gasteiger partial charge in [-0.2, -0.15) is 10.1 Å². The summed E-state index contributed by atoms with van der Waals surface area (Å²) in [5.41, 5.74) is 2.79. The highest BCUT2D eigenvalue weighted by Gasteiger charge is 2.28. The maximum absolute atomic E-state index is 12.9. The Kier molecular flexibility index (Phi) is 6.19. The molecule has 1 amide bonds. The average Bonchev–Trinajstić information content (AvgIpc) is 2.98. The monoisotopic (exact) mass is 442 g/mol. The van der Waals surface area contributed by atoms with Crippen molar-refractivity contribution in [3.63, 3.8) is 0 Å². The van der Waals surface area contributed by atoms with Crippen LogP contribution in [0.4, 0.5) is 5.69 Å². The molecule has 0 bridgehead atoms. The summed E-state index contributed by atoms with van der Waals surface area (Å²) >= 11 is 3.56. The van der Waals surface area contributed by atoms with Gasteiger partial charge >= 0.3 is 0 Å². The first kappa shape index (κ1) is 20.1. The summed E-state index contributed by atoms with van der Waals surface area (Å²) in [7, 11) is 1.60. The minimum atomic E-state index is -0.154. The lowest BCUT2D eigenvalue weighted by Crippen LogP contribution is -2.21. The fourth-order valence-electron chi connectivity index (χ4n) is 2.82. The van der Waals surface area contributed by atoms with Gasteiger partial charge < -0.3 is 9.47 Å². The number of carbonyl (C=O) groups is 1. The lowest BCUT2D eigenvalue weighted by Gasteiger charge is -2.17. The molecule has 0 fully saturated rings. The minimum absolute atomic E-state index is 0.0691. The van der Waals surface area contributed by atoms with Crippen LogP contribution in [0.1, 0.15) is 32.8 Å². The van der Waals surface area contributed by atoms with Gasteiger partial charge in [0.05, 0.1) is 34.7 Å². The van der Waals surface area contributed by atoms with Gasteiger partial charge in [0.25, 0.3) is 5.91 Å². The highest BCUT2D eigenvalue weighted by Crippen LogP contribution is 2.38. The molecule has 0 aromatic heterocycles. The smallest absolute Gasteiger partial charge is 0.280 e. The molecule has 0 saturated carbocycles. The molecule has 6 heteroatoms. The van der Waals surface area contributed by atoms with E-state index >= 15 is 0 Å². The molecule has 1 aliphatic heterocycles. The fraction of sp³-hybridized carbons (Fsp3) is 0.273. The number of nitrogens with zero attached hydrogens (tertiary/aromatic N) is 2. The molecule has 1 heterocycles. The molecule has 1 aliphatic rings. The second-order valence-corrected chi connectivity index (χ2v) is 7.42. The van der Waals surface area contributed by atoms with Gasteiger partial charge in [-0.15, -0.1) is 0 Å².